The summed E-state index contributed by atoms with van der Waals surface area (Å²) in [6.07, 6.45) is 1.67. The minimum Gasteiger partial charge on any atom is -0.481 e. The molecule has 0 radical (unpaired) electrons. The van der Waals surface area contributed by atoms with Crippen molar-refractivity contribution in [2.45, 2.75) is 26.7 Å². The molecule has 19 heavy (non-hydrogen) atoms. The molecule has 3 heteroatoms. The maximum atomic E-state index is 13.8. The molecule has 0 atom stereocenters. The van der Waals surface area contributed by atoms with Crippen LogP contribution in [0.25, 0.3) is 11.1 Å². The molecule has 0 aliphatic rings. The first-order valence-electron chi connectivity index (χ1n) is 6.33. The highest BCUT2D eigenvalue weighted by Crippen LogP contribution is 2.31. The fourth-order valence-electron chi connectivity index (χ4n) is 2.29. The molecule has 0 aliphatic heterocycles. The molecule has 0 aliphatic carbocycles. The summed E-state index contributed by atoms with van der Waals surface area (Å²) in [6.45, 7) is 6.16. The van der Waals surface area contributed by atoms with Gasteiger partial charge < -0.3 is 4.74 Å². The lowest BCUT2D eigenvalue weighted by atomic mass is 9.91. The molecular weight excluding hydrogens is 241 g/mol. The number of aromatic nitrogens is 1. The van der Waals surface area contributed by atoms with Gasteiger partial charge in [-0.2, -0.15) is 0 Å². The number of hydrogen-bond acceptors (Lipinski definition) is 2. The van der Waals surface area contributed by atoms with Crippen LogP contribution >= 0.6 is 0 Å². The van der Waals surface area contributed by atoms with E-state index in [1.54, 1.807) is 25.4 Å². The first-order chi connectivity index (χ1) is 9.02. The van der Waals surface area contributed by atoms with Crippen LogP contribution in [0.5, 0.6) is 5.88 Å². The first kappa shape index (κ1) is 13.5. The van der Waals surface area contributed by atoms with E-state index >= 15 is 0 Å². The van der Waals surface area contributed by atoms with Gasteiger partial charge in [-0.3, -0.25) is 0 Å². The smallest absolute Gasteiger partial charge is 0.213 e. The second kappa shape index (κ2) is 5.39. The van der Waals surface area contributed by atoms with Crippen molar-refractivity contribution >= 4 is 0 Å². The zero-order valence-corrected chi connectivity index (χ0v) is 11.7. The van der Waals surface area contributed by atoms with Crippen LogP contribution in [0.15, 0.2) is 30.5 Å². The zero-order valence-electron chi connectivity index (χ0n) is 11.7. The third kappa shape index (κ3) is 2.75. The molecule has 1 aromatic heterocycles. The maximum absolute atomic E-state index is 13.8. The van der Waals surface area contributed by atoms with Crippen LogP contribution < -0.4 is 4.74 Å². The molecule has 1 heterocycles. The Kier molecular flexibility index (Phi) is 3.84. The molecule has 0 bridgehead atoms. The molecular formula is C16H18FNO. The molecule has 0 saturated heterocycles. The highest BCUT2D eigenvalue weighted by molar-refractivity contribution is 5.69. The molecule has 0 unspecified atom stereocenters. The van der Waals surface area contributed by atoms with Crippen molar-refractivity contribution in [1.82, 2.24) is 4.98 Å². The van der Waals surface area contributed by atoms with Crippen LogP contribution in [-0.4, -0.2) is 12.1 Å². The Morgan fingerprint density at radius 1 is 1.21 bits per heavy atom. The summed E-state index contributed by atoms with van der Waals surface area (Å²) in [4.78, 5) is 4.08. The number of rotatable bonds is 3. The van der Waals surface area contributed by atoms with E-state index in [4.69, 9.17) is 4.74 Å². The van der Waals surface area contributed by atoms with E-state index in [1.165, 1.54) is 0 Å². The summed E-state index contributed by atoms with van der Waals surface area (Å²) >= 11 is 0. The summed E-state index contributed by atoms with van der Waals surface area (Å²) in [6, 6.07) is 6.87. The summed E-state index contributed by atoms with van der Waals surface area (Å²) in [5.74, 6) is 0.616. The zero-order chi connectivity index (χ0) is 14.0. The van der Waals surface area contributed by atoms with Crippen LogP contribution in [0, 0.1) is 12.7 Å². The number of hydrogen-bond donors (Lipinski definition) is 0. The van der Waals surface area contributed by atoms with Crippen molar-refractivity contribution in [3.05, 3.63) is 47.4 Å². The van der Waals surface area contributed by atoms with E-state index in [2.05, 4.69) is 18.8 Å². The molecule has 1 aromatic carbocycles. The fraction of sp³-hybridized carbons (Fsp3) is 0.312. The largest absolute Gasteiger partial charge is 0.481 e. The van der Waals surface area contributed by atoms with Gasteiger partial charge in [-0.25, -0.2) is 9.37 Å². The van der Waals surface area contributed by atoms with Gasteiger partial charge in [0.15, 0.2) is 0 Å². The van der Waals surface area contributed by atoms with E-state index in [-0.39, 0.29) is 11.7 Å². The normalized spacial score (nSPS) is 10.8. The van der Waals surface area contributed by atoms with E-state index < -0.39 is 0 Å². The number of nitrogens with zero attached hydrogens (tertiary/aromatic N) is 1. The van der Waals surface area contributed by atoms with Gasteiger partial charge in [0.25, 0.3) is 0 Å². The molecule has 2 rings (SSSR count). The topological polar surface area (TPSA) is 22.1 Å². The van der Waals surface area contributed by atoms with Gasteiger partial charge in [-0.1, -0.05) is 13.8 Å². The standard InChI is InChI=1S/C16H18FNO/c1-10(2)14-8-13(17)9-15(11(14)3)12-5-6-18-16(7-12)19-4/h5-10H,1-4H3. The van der Waals surface area contributed by atoms with Gasteiger partial charge in [0.2, 0.25) is 5.88 Å². The van der Waals surface area contributed by atoms with Gasteiger partial charge in [-0.15, -0.1) is 0 Å². The summed E-state index contributed by atoms with van der Waals surface area (Å²) in [7, 11) is 1.57. The van der Waals surface area contributed by atoms with Crippen molar-refractivity contribution in [2.75, 3.05) is 7.11 Å². The summed E-state index contributed by atoms with van der Waals surface area (Å²) in [5.41, 5.74) is 3.95. The minimum absolute atomic E-state index is 0.208. The van der Waals surface area contributed by atoms with E-state index in [1.807, 2.05) is 19.1 Å². The maximum Gasteiger partial charge on any atom is 0.213 e. The third-order valence-corrected chi connectivity index (χ3v) is 3.29. The van der Waals surface area contributed by atoms with Crippen molar-refractivity contribution in [1.29, 1.82) is 0 Å². The summed E-state index contributed by atoms with van der Waals surface area (Å²) < 4.78 is 18.9. The SMILES string of the molecule is COc1cc(-c2cc(F)cc(C(C)C)c2C)ccn1. The predicted molar refractivity (Wildman–Crippen MR) is 75.0 cm³/mol. The molecule has 100 valence electrons. The van der Waals surface area contributed by atoms with Crippen LogP contribution in [0.1, 0.15) is 30.9 Å². The van der Waals surface area contributed by atoms with Crippen LogP contribution in [-0.2, 0) is 0 Å². The summed E-state index contributed by atoms with van der Waals surface area (Å²) in [5, 5.41) is 0. The van der Waals surface area contributed by atoms with Crippen molar-refractivity contribution in [2.24, 2.45) is 0 Å². The minimum atomic E-state index is -0.208. The Morgan fingerprint density at radius 2 is 1.95 bits per heavy atom. The quantitative estimate of drug-likeness (QED) is 0.818. The number of pyridine rings is 1. The molecule has 0 fully saturated rings. The molecule has 0 N–H and O–H groups in total. The Bertz CT molecular complexity index is 593. The van der Waals surface area contributed by atoms with Crippen LogP contribution in [0.3, 0.4) is 0 Å². The highest BCUT2D eigenvalue weighted by Gasteiger charge is 2.12. The van der Waals surface area contributed by atoms with Gasteiger partial charge in [0.05, 0.1) is 7.11 Å². The van der Waals surface area contributed by atoms with Crippen molar-refractivity contribution < 1.29 is 9.13 Å². The van der Waals surface area contributed by atoms with E-state index in [9.17, 15) is 4.39 Å². The monoisotopic (exact) mass is 259 g/mol. The molecule has 2 aromatic rings. The lowest BCUT2D eigenvalue weighted by molar-refractivity contribution is 0.398. The number of ether oxygens (including phenoxy) is 1. The number of benzene rings is 1. The average molecular weight is 259 g/mol. The van der Waals surface area contributed by atoms with Crippen molar-refractivity contribution in [3.8, 4) is 17.0 Å². The second-order valence-electron chi connectivity index (χ2n) is 4.91. The first-order valence-corrected chi connectivity index (χ1v) is 6.33. The van der Waals surface area contributed by atoms with E-state index in [0.29, 0.717) is 5.88 Å². The lowest BCUT2D eigenvalue weighted by Crippen LogP contribution is -1.97. The average Bonchev–Trinajstić information content (AvgIpc) is 2.40. The second-order valence-corrected chi connectivity index (χ2v) is 4.91. The lowest BCUT2D eigenvalue weighted by Gasteiger charge is -2.15. The third-order valence-electron chi connectivity index (χ3n) is 3.29. The Hall–Kier alpha value is -1.90. The molecule has 0 amide bonds. The molecule has 0 spiro atoms. The fourth-order valence-corrected chi connectivity index (χ4v) is 2.29. The van der Waals surface area contributed by atoms with Crippen molar-refractivity contribution in [3.63, 3.8) is 0 Å². The number of methoxy groups -OCH3 is 1. The Morgan fingerprint density at radius 3 is 2.58 bits per heavy atom. The van der Waals surface area contributed by atoms with Gasteiger partial charge in [-0.05, 0) is 53.3 Å². The van der Waals surface area contributed by atoms with Gasteiger partial charge in [0, 0.05) is 12.3 Å². The van der Waals surface area contributed by atoms with Gasteiger partial charge in [0.1, 0.15) is 5.82 Å². The van der Waals surface area contributed by atoms with Crippen LogP contribution in [0.4, 0.5) is 4.39 Å². The Balaban J connectivity index is 2.61. The molecule has 0 saturated carbocycles. The highest BCUT2D eigenvalue weighted by atomic mass is 19.1. The Labute approximate surface area is 113 Å². The van der Waals surface area contributed by atoms with Gasteiger partial charge >= 0.3 is 0 Å². The van der Waals surface area contributed by atoms with E-state index in [0.717, 1.165) is 22.3 Å². The molecule has 2 nitrogen and oxygen atoms in total. The predicted octanol–water partition coefficient (Wildman–Crippen LogP) is 4.33. The number of halogens is 1. The van der Waals surface area contributed by atoms with Crippen LogP contribution in [0.2, 0.25) is 0 Å².